The Morgan fingerprint density at radius 3 is 2.10 bits per heavy atom. The third-order valence-electron chi connectivity index (χ3n) is 8.46. The van der Waals surface area contributed by atoms with Crippen LogP contribution in [0.5, 0.6) is 0 Å². The molecule has 5 aromatic carbocycles. The molecule has 0 bridgehead atoms. The predicted molar refractivity (Wildman–Crippen MR) is 208 cm³/mol. The molecule has 0 radical (unpaired) electrons. The Morgan fingerprint density at radius 1 is 0.759 bits per heavy atom. The summed E-state index contributed by atoms with van der Waals surface area (Å²) in [4.78, 5) is 19.4. The summed E-state index contributed by atoms with van der Waals surface area (Å²) in [5, 5.41) is 20.4. The van der Waals surface area contributed by atoms with Gasteiger partial charge in [-0.2, -0.15) is 15.3 Å². The Labute approximate surface area is 374 Å². The molecular formula is C36H27N11Na2O7S2. The van der Waals surface area contributed by atoms with E-state index >= 15 is 0 Å². The Kier molecular flexibility index (Phi) is 13.2. The van der Waals surface area contributed by atoms with Gasteiger partial charge in [-0.3, -0.25) is 10.2 Å². The van der Waals surface area contributed by atoms with Crippen LogP contribution in [0.1, 0.15) is 21.5 Å². The maximum atomic E-state index is 13.7. The van der Waals surface area contributed by atoms with E-state index in [9.17, 15) is 30.7 Å². The normalized spacial score (nSPS) is 13.7. The number of azo groups is 2. The number of anilines is 4. The molecular weight excluding hydrogens is 809 g/mol. The Morgan fingerprint density at radius 2 is 1.43 bits per heavy atom. The van der Waals surface area contributed by atoms with Crippen LogP contribution in [-0.4, -0.2) is 47.4 Å². The molecule has 0 unspecified atom stereocenters. The number of imidazole rings is 1. The number of fused-ring (bicyclic) bond motifs is 2. The predicted octanol–water partition coefficient (Wildman–Crippen LogP) is 0.578. The zero-order valence-electron chi connectivity index (χ0n) is 30.8. The van der Waals surface area contributed by atoms with Crippen LogP contribution in [0.4, 0.5) is 45.5 Å². The standard InChI is InChI=1S/C36H29N11O7S2.2Na/c1-18-13-27(25(38)17-24(18)37)45-44-23-11-12-26-28(16-23)41-36(40-26)19-7-9-22(10-8-19)43-46-33-29(55(49,50)51)14-20-15-30(56(52,53)54)34(35(48)31(20)32(33)39)47-42-21-5-3-2-4-6-21;;/h2-17,42H,37-39H2,1H3,(H,40,41)(H,49,50,51)(H,52,53,54);;/q;2*+1/p-2. The number of hydrogen-bond acceptors (Lipinski definition) is 17. The molecule has 0 spiro atoms. The topological polar surface area (TPSA) is 312 Å². The number of carbonyl (C=O) groups is 1. The van der Waals surface area contributed by atoms with Crippen molar-refractivity contribution in [1.82, 2.24) is 9.97 Å². The van der Waals surface area contributed by atoms with Gasteiger partial charge in [0.2, 0.25) is 5.78 Å². The molecule has 1 aliphatic carbocycles. The first-order valence-electron chi connectivity index (χ1n) is 16.2. The Hall–Kier alpha value is -5.13. The van der Waals surface area contributed by atoms with Crippen LogP contribution in [0.15, 0.2) is 126 Å². The molecule has 0 saturated heterocycles. The first kappa shape index (κ1) is 44.0. The van der Waals surface area contributed by atoms with E-state index in [1.165, 1.54) is 12.1 Å². The third-order valence-corrected chi connectivity index (χ3v) is 10.2. The van der Waals surface area contributed by atoms with Crippen molar-refractivity contribution in [2.45, 2.75) is 11.8 Å². The minimum atomic E-state index is -5.34. The van der Waals surface area contributed by atoms with Crippen molar-refractivity contribution in [3.8, 4) is 11.4 Å². The van der Waals surface area contributed by atoms with Gasteiger partial charge in [-0.25, -0.2) is 21.8 Å². The fourth-order valence-corrected chi connectivity index (χ4v) is 6.94. The average molecular weight is 836 g/mol. The summed E-state index contributed by atoms with van der Waals surface area (Å²) in [6, 6.07) is 23.8. The summed E-state index contributed by atoms with van der Waals surface area (Å²) in [6.07, 6.45) is 0.719. The van der Waals surface area contributed by atoms with E-state index < -0.39 is 64.0 Å². The van der Waals surface area contributed by atoms with Crippen molar-refractivity contribution in [2.24, 2.45) is 25.6 Å². The number of Topliss-reactive ketones (excluding diaryl/α,β-unsaturated/α-hetero) is 1. The smallest absolute Gasteiger partial charge is 0.744 e. The molecule has 0 atom stereocenters. The van der Waals surface area contributed by atoms with Gasteiger partial charge in [0, 0.05) is 11.3 Å². The van der Waals surface area contributed by atoms with Crippen molar-refractivity contribution in [3.05, 3.63) is 113 Å². The van der Waals surface area contributed by atoms with Gasteiger partial charge in [0.05, 0.1) is 54.8 Å². The van der Waals surface area contributed by atoms with Gasteiger partial charge in [0.1, 0.15) is 43.1 Å². The molecule has 0 amide bonds. The number of hydrazone groups is 1. The van der Waals surface area contributed by atoms with Crippen LogP contribution >= 0.6 is 0 Å². The van der Waals surface area contributed by atoms with Crippen LogP contribution in [-0.2, 0) is 20.2 Å². The molecule has 22 heteroatoms. The van der Waals surface area contributed by atoms with E-state index in [0.29, 0.717) is 56.9 Å². The maximum absolute atomic E-state index is 13.7. The van der Waals surface area contributed by atoms with Crippen LogP contribution in [0, 0.1) is 6.92 Å². The number of carbonyl (C=O) groups excluding carboxylic acids is 1. The first-order chi connectivity index (χ1) is 26.6. The molecule has 1 heterocycles. The molecule has 58 heavy (non-hydrogen) atoms. The number of nitrogens with one attached hydrogen (secondary N) is 2. The van der Waals surface area contributed by atoms with Crippen molar-refractivity contribution in [3.63, 3.8) is 0 Å². The number of aryl methyl sites for hydroxylation is 1. The average Bonchev–Trinajstić information content (AvgIpc) is 3.58. The van der Waals surface area contributed by atoms with Gasteiger partial charge < -0.3 is 31.3 Å². The summed E-state index contributed by atoms with van der Waals surface area (Å²) >= 11 is 0. The number of ketones is 1. The number of nitrogens with two attached hydrogens (primary N) is 3. The molecule has 7 rings (SSSR count). The molecule has 8 N–H and O–H groups in total. The number of benzene rings is 5. The summed E-state index contributed by atoms with van der Waals surface area (Å²) in [6.45, 7) is 1.84. The molecule has 6 aromatic rings. The van der Waals surface area contributed by atoms with Crippen LogP contribution in [0.3, 0.4) is 0 Å². The van der Waals surface area contributed by atoms with Crippen LogP contribution in [0.25, 0.3) is 28.5 Å². The number of para-hydroxylation sites is 1. The number of rotatable bonds is 9. The molecule has 0 aliphatic heterocycles. The van der Waals surface area contributed by atoms with Gasteiger partial charge in [-0.1, -0.05) is 18.2 Å². The first-order valence-corrected chi connectivity index (χ1v) is 19.0. The van der Waals surface area contributed by atoms with Crippen molar-refractivity contribution in [2.75, 3.05) is 22.6 Å². The van der Waals surface area contributed by atoms with E-state index in [1.807, 2.05) is 6.92 Å². The van der Waals surface area contributed by atoms with Crippen molar-refractivity contribution < 1.29 is 89.9 Å². The fraction of sp³-hybridized carbons (Fsp3) is 0.0278. The van der Waals surface area contributed by atoms with E-state index in [-0.39, 0.29) is 64.8 Å². The quantitative estimate of drug-likeness (QED) is 0.0439. The van der Waals surface area contributed by atoms with E-state index in [0.717, 1.165) is 11.6 Å². The van der Waals surface area contributed by atoms with Crippen molar-refractivity contribution >= 4 is 94.3 Å². The van der Waals surface area contributed by atoms with Gasteiger partial charge in [0.15, 0.2) is 0 Å². The van der Waals surface area contributed by atoms with E-state index in [2.05, 4.69) is 41.0 Å². The molecule has 18 nitrogen and oxygen atoms in total. The summed E-state index contributed by atoms with van der Waals surface area (Å²) in [5.41, 5.74) is 23.0. The minimum Gasteiger partial charge on any atom is -0.744 e. The largest absolute Gasteiger partial charge is 1.00 e. The van der Waals surface area contributed by atoms with Crippen molar-refractivity contribution in [1.29, 1.82) is 0 Å². The number of aromatic nitrogens is 2. The maximum Gasteiger partial charge on any atom is 1.00 e. The second kappa shape index (κ2) is 17.4. The van der Waals surface area contributed by atoms with Crippen LogP contribution in [0.2, 0.25) is 0 Å². The van der Waals surface area contributed by atoms with Gasteiger partial charge in [-0.15, -0.1) is 10.2 Å². The molecule has 0 saturated carbocycles. The van der Waals surface area contributed by atoms with E-state index in [4.69, 9.17) is 17.2 Å². The van der Waals surface area contributed by atoms with Gasteiger partial charge >= 0.3 is 59.1 Å². The number of hydrogen-bond donors (Lipinski definition) is 5. The van der Waals surface area contributed by atoms with Gasteiger partial charge in [-0.05, 0) is 96.9 Å². The fourth-order valence-electron chi connectivity index (χ4n) is 5.63. The number of nitrogens with zero attached hydrogens (tertiary/aromatic N) is 6. The summed E-state index contributed by atoms with van der Waals surface area (Å²) in [5.74, 6) is -0.643. The molecule has 282 valence electrons. The number of allylic oxidation sites excluding steroid dienone is 1. The van der Waals surface area contributed by atoms with Crippen LogP contribution < -0.4 is 81.7 Å². The Bertz CT molecular complexity index is 2960. The molecule has 1 aromatic heterocycles. The Balaban J connectivity index is 0.00000320. The zero-order chi connectivity index (χ0) is 39.9. The summed E-state index contributed by atoms with van der Waals surface area (Å²) < 4.78 is 73.6. The second-order valence-corrected chi connectivity index (χ2v) is 15.0. The number of nitrogen functional groups attached to an aromatic ring is 3. The molecule has 1 aliphatic rings. The second-order valence-electron chi connectivity index (χ2n) is 12.3. The zero-order valence-corrected chi connectivity index (χ0v) is 36.5. The number of aromatic amines is 1. The van der Waals surface area contributed by atoms with Gasteiger partial charge in [0.25, 0.3) is 0 Å². The molecule has 0 fully saturated rings. The SMILES string of the molecule is Cc1cc(N=Nc2ccc3nc(-c4ccc(N=Nc5c(S(=O)(=O)[O-])cc6c(c5N)C(=O)C(=NNc5ccccc5)C(S(=O)(=O)[O-])=C6)cc4)[nH]c3c2)c(N)cc1N.[Na+].[Na+]. The monoisotopic (exact) mass is 835 g/mol. The number of H-pyrrole nitrogens is 1. The third kappa shape index (κ3) is 9.26. The van der Waals surface area contributed by atoms with E-state index in [1.54, 1.807) is 72.8 Å². The summed E-state index contributed by atoms with van der Waals surface area (Å²) in [7, 11) is -10.7. The minimum absolute atomic E-state index is 0.